The number of nitriles is 1. The molecule has 1 amide bonds. The quantitative estimate of drug-likeness (QED) is 0.623. The lowest BCUT2D eigenvalue weighted by atomic mass is 10.0. The molecule has 0 saturated carbocycles. The van der Waals surface area contributed by atoms with E-state index in [-0.39, 0.29) is 23.3 Å². The van der Waals surface area contributed by atoms with E-state index < -0.39 is 10.0 Å². The monoisotopic (exact) mass is 440 g/mol. The van der Waals surface area contributed by atoms with Gasteiger partial charge in [-0.15, -0.1) is 0 Å². The van der Waals surface area contributed by atoms with Gasteiger partial charge in [0.2, 0.25) is 15.9 Å². The zero-order valence-corrected chi connectivity index (χ0v) is 18.6. The number of amides is 1. The Balaban J connectivity index is 1.74. The van der Waals surface area contributed by atoms with Crippen molar-refractivity contribution < 1.29 is 13.2 Å². The van der Waals surface area contributed by atoms with E-state index in [9.17, 15) is 18.5 Å². The summed E-state index contributed by atoms with van der Waals surface area (Å²) in [5.74, 6) is -0.0555. The fraction of sp³-hybridized carbons (Fsp3) is 0.333. The zero-order valence-electron chi connectivity index (χ0n) is 17.8. The lowest BCUT2D eigenvalue weighted by molar-refractivity contribution is -0.131. The summed E-state index contributed by atoms with van der Waals surface area (Å²) in [5.41, 5.74) is 4.28. The first kappa shape index (κ1) is 22.4. The van der Waals surface area contributed by atoms with Crippen molar-refractivity contribution in [3.63, 3.8) is 0 Å². The second-order valence-corrected chi connectivity index (χ2v) is 9.02. The maximum Gasteiger partial charge on any atom is 0.238 e. The van der Waals surface area contributed by atoms with Crippen LogP contribution in [0, 0.1) is 25.2 Å². The Hall–Kier alpha value is -3.29. The van der Waals surface area contributed by atoms with Crippen molar-refractivity contribution in [1.29, 1.82) is 5.26 Å². The number of carbonyl (C=O) groups excluding carboxylic acids is 1. The van der Waals surface area contributed by atoms with Crippen LogP contribution >= 0.6 is 0 Å². The van der Waals surface area contributed by atoms with Crippen LogP contribution in [0.4, 0.5) is 0 Å². The minimum atomic E-state index is -3.76. The highest BCUT2D eigenvalue weighted by molar-refractivity contribution is 7.89. The van der Waals surface area contributed by atoms with Gasteiger partial charge in [-0.3, -0.25) is 4.79 Å². The highest BCUT2D eigenvalue weighted by Gasteiger charge is 2.20. The third-order valence-electron chi connectivity index (χ3n) is 5.58. The highest BCUT2D eigenvalue weighted by Crippen LogP contribution is 2.23. The third kappa shape index (κ3) is 4.42. The summed E-state index contributed by atoms with van der Waals surface area (Å²) in [5, 5.41) is 18.5. The Morgan fingerprint density at radius 3 is 2.52 bits per heavy atom. The average molecular weight is 441 g/mol. The van der Waals surface area contributed by atoms with Gasteiger partial charge >= 0.3 is 0 Å². The van der Waals surface area contributed by atoms with Gasteiger partial charge in [0, 0.05) is 24.9 Å². The van der Waals surface area contributed by atoms with Crippen molar-refractivity contribution >= 4 is 21.6 Å². The van der Waals surface area contributed by atoms with Gasteiger partial charge in [-0.25, -0.2) is 23.1 Å². The number of carbonyl (C=O) groups is 1. The number of hydrogen-bond acceptors (Lipinski definition) is 6. The molecule has 0 bridgehead atoms. The van der Waals surface area contributed by atoms with Crippen LogP contribution in [0.3, 0.4) is 0 Å². The van der Waals surface area contributed by atoms with Crippen LogP contribution in [-0.4, -0.2) is 40.9 Å². The second kappa shape index (κ2) is 8.45. The molecule has 1 atom stereocenters. The Bertz CT molecular complexity index is 1290. The fourth-order valence-electron chi connectivity index (χ4n) is 3.54. The van der Waals surface area contributed by atoms with Crippen molar-refractivity contribution in [2.75, 3.05) is 7.05 Å². The summed E-state index contributed by atoms with van der Waals surface area (Å²) in [6.07, 6.45) is 2.25. The number of aromatic nitrogens is 3. The molecule has 0 saturated heterocycles. The first-order chi connectivity index (χ1) is 14.5. The van der Waals surface area contributed by atoms with Crippen LogP contribution in [0.2, 0.25) is 0 Å². The van der Waals surface area contributed by atoms with E-state index in [4.69, 9.17) is 5.14 Å². The van der Waals surface area contributed by atoms with Crippen molar-refractivity contribution in [3.05, 3.63) is 58.5 Å². The van der Waals surface area contributed by atoms with Crippen LogP contribution in [0.25, 0.3) is 5.65 Å². The molecule has 1 aromatic carbocycles. The van der Waals surface area contributed by atoms with Crippen molar-refractivity contribution in [2.24, 2.45) is 5.14 Å². The second-order valence-electron chi connectivity index (χ2n) is 7.46. The number of nitrogens with zero attached hydrogens (tertiary/aromatic N) is 5. The minimum absolute atomic E-state index is 0.0319. The summed E-state index contributed by atoms with van der Waals surface area (Å²) in [6.45, 7) is 5.64. The van der Waals surface area contributed by atoms with Gasteiger partial charge < -0.3 is 4.90 Å². The van der Waals surface area contributed by atoms with Crippen LogP contribution in [-0.2, 0) is 21.2 Å². The molecule has 2 N–H and O–H groups in total. The number of aryl methyl sites for hydroxylation is 2. The number of sulfonamides is 1. The molecule has 162 valence electrons. The van der Waals surface area contributed by atoms with Crippen LogP contribution in [0.5, 0.6) is 0 Å². The highest BCUT2D eigenvalue weighted by atomic mass is 32.2. The number of rotatable bonds is 6. The zero-order chi connectivity index (χ0) is 22.9. The molecule has 0 aliphatic carbocycles. The average Bonchev–Trinajstić information content (AvgIpc) is 3.14. The van der Waals surface area contributed by atoms with E-state index in [0.717, 1.165) is 22.5 Å². The largest absolute Gasteiger partial charge is 0.339 e. The molecule has 0 aliphatic heterocycles. The molecule has 3 aromatic rings. The maximum absolute atomic E-state index is 12.8. The molecule has 31 heavy (non-hydrogen) atoms. The van der Waals surface area contributed by atoms with Gasteiger partial charge in [0.1, 0.15) is 11.6 Å². The van der Waals surface area contributed by atoms with E-state index in [0.29, 0.717) is 17.6 Å². The Morgan fingerprint density at radius 1 is 1.29 bits per heavy atom. The predicted molar refractivity (Wildman–Crippen MR) is 114 cm³/mol. The van der Waals surface area contributed by atoms with Gasteiger partial charge in [0.15, 0.2) is 5.65 Å². The summed E-state index contributed by atoms with van der Waals surface area (Å²) < 4.78 is 24.5. The van der Waals surface area contributed by atoms with Crippen LogP contribution in [0.15, 0.2) is 35.4 Å². The van der Waals surface area contributed by atoms with E-state index in [1.807, 2.05) is 20.8 Å². The summed E-state index contributed by atoms with van der Waals surface area (Å²) in [7, 11) is -2.04. The number of fused-ring (bicyclic) bond motifs is 1. The normalized spacial score (nSPS) is 12.5. The van der Waals surface area contributed by atoms with Crippen molar-refractivity contribution in [2.45, 2.75) is 44.6 Å². The van der Waals surface area contributed by atoms with Crippen LogP contribution in [0.1, 0.15) is 47.5 Å². The first-order valence-corrected chi connectivity index (χ1v) is 11.2. The Morgan fingerprint density at radius 2 is 1.94 bits per heavy atom. The van der Waals surface area contributed by atoms with Gasteiger partial charge in [-0.2, -0.15) is 10.4 Å². The van der Waals surface area contributed by atoms with Crippen LogP contribution < -0.4 is 5.14 Å². The standard InChI is InChI=1S/C21H24N6O3S/c1-13-19(15(3)27-21(25-13)17(11-22)12-24-27)9-10-20(28)26(4)14(2)16-5-7-18(8-6-16)31(23,29)30/h5-8,12,14H,9-10H2,1-4H3,(H2,23,29,30). The van der Waals surface area contributed by atoms with E-state index in [2.05, 4.69) is 16.2 Å². The Kier molecular flexibility index (Phi) is 6.10. The molecular formula is C21H24N6O3S. The molecule has 0 radical (unpaired) electrons. The number of benzene rings is 1. The molecule has 9 nitrogen and oxygen atoms in total. The molecule has 0 fully saturated rings. The molecule has 10 heteroatoms. The number of nitrogens with two attached hydrogens (primary N) is 1. The molecule has 3 rings (SSSR count). The minimum Gasteiger partial charge on any atom is -0.339 e. The summed E-state index contributed by atoms with van der Waals surface area (Å²) in [6, 6.07) is 8.03. The number of hydrogen-bond donors (Lipinski definition) is 1. The topological polar surface area (TPSA) is 134 Å². The smallest absolute Gasteiger partial charge is 0.238 e. The first-order valence-electron chi connectivity index (χ1n) is 9.67. The lowest BCUT2D eigenvalue weighted by Gasteiger charge is -2.26. The van der Waals surface area contributed by atoms with Gasteiger partial charge in [0.25, 0.3) is 0 Å². The van der Waals surface area contributed by atoms with Gasteiger partial charge in [-0.05, 0) is 50.5 Å². The molecular weight excluding hydrogens is 416 g/mol. The third-order valence-corrected chi connectivity index (χ3v) is 6.51. The molecule has 2 heterocycles. The van der Waals surface area contributed by atoms with Crippen molar-refractivity contribution in [1.82, 2.24) is 19.5 Å². The SMILES string of the molecule is Cc1nc2c(C#N)cnn2c(C)c1CCC(=O)N(C)C(C)c1ccc(S(N)(=O)=O)cc1. The van der Waals surface area contributed by atoms with E-state index in [1.54, 1.807) is 28.6 Å². The maximum atomic E-state index is 12.8. The number of primary sulfonamides is 1. The molecule has 0 spiro atoms. The Labute approximate surface area is 181 Å². The van der Waals surface area contributed by atoms with Gasteiger partial charge in [-0.1, -0.05) is 12.1 Å². The summed E-state index contributed by atoms with van der Waals surface area (Å²) >= 11 is 0. The molecule has 2 aromatic heterocycles. The predicted octanol–water partition coefficient (Wildman–Crippen LogP) is 2.02. The lowest BCUT2D eigenvalue weighted by Crippen LogP contribution is -2.30. The molecule has 1 unspecified atom stereocenters. The van der Waals surface area contributed by atoms with E-state index >= 15 is 0 Å². The fourth-order valence-corrected chi connectivity index (χ4v) is 4.05. The summed E-state index contributed by atoms with van der Waals surface area (Å²) in [4.78, 5) is 19.0. The van der Waals surface area contributed by atoms with E-state index in [1.165, 1.54) is 18.3 Å². The van der Waals surface area contributed by atoms with Gasteiger partial charge in [0.05, 0.1) is 17.1 Å². The molecule has 0 aliphatic rings. The van der Waals surface area contributed by atoms with Crippen molar-refractivity contribution in [3.8, 4) is 6.07 Å².